The number of Topliss-reactive ketones (excluding diaryl/α,β-unsaturated/α-hetero) is 1. The number of benzene rings is 2. The normalized spacial score (nSPS) is 15.0. The van der Waals surface area contributed by atoms with Gasteiger partial charge in [0.05, 0.1) is 4.92 Å². The highest BCUT2D eigenvalue weighted by atomic mass is 16.6. The maximum atomic E-state index is 12.5. The third-order valence-electron chi connectivity index (χ3n) is 4.74. The molecule has 1 aliphatic rings. The lowest BCUT2D eigenvalue weighted by Crippen LogP contribution is -2.39. The van der Waals surface area contributed by atoms with Gasteiger partial charge in [-0.25, -0.2) is 0 Å². The van der Waals surface area contributed by atoms with Crippen molar-refractivity contribution >= 4 is 23.5 Å². The largest absolute Gasteiger partial charge is 0.339 e. The van der Waals surface area contributed by atoms with E-state index in [1.165, 1.54) is 18.2 Å². The number of nitrogens with zero attached hydrogens (tertiary/aromatic N) is 2. The first kappa shape index (κ1) is 18.5. The van der Waals surface area contributed by atoms with Gasteiger partial charge in [-0.05, 0) is 24.5 Å². The molecule has 0 aromatic heterocycles. The van der Waals surface area contributed by atoms with Crippen molar-refractivity contribution in [3.63, 3.8) is 0 Å². The quantitative estimate of drug-likeness (QED) is 0.350. The minimum atomic E-state index is -0.465. The summed E-state index contributed by atoms with van der Waals surface area (Å²) >= 11 is 0. The number of nitro benzene ring substituents is 1. The Hall–Kier alpha value is -3.28. The third kappa shape index (κ3) is 4.67. The lowest BCUT2D eigenvalue weighted by atomic mass is 9.89. The van der Waals surface area contributed by atoms with E-state index in [1.54, 1.807) is 23.1 Å². The number of carbonyl (C=O) groups excluding carboxylic acids is 2. The van der Waals surface area contributed by atoms with E-state index >= 15 is 0 Å². The van der Waals surface area contributed by atoms with Crippen molar-refractivity contribution in [3.8, 4) is 0 Å². The zero-order valence-electron chi connectivity index (χ0n) is 14.8. The summed E-state index contributed by atoms with van der Waals surface area (Å²) in [6, 6.07) is 15.4. The molecular weight excluding hydrogens is 344 g/mol. The van der Waals surface area contributed by atoms with Crippen LogP contribution in [0.5, 0.6) is 0 Å². The zero-order chi connectivity index (χ0) is 19.2. The van der Waals surface area contributed by atoms with Crippen LogP contribution < -0.4 is 0 Å². The summed E-state index contributed by atoms with van der Waals surface area (Å²) in [4.78, 5) is 36.9. The van der Waals surface area contributed by atoms with Crippen molar-refractivity contribution in [2.45, 2.75) is 12.8 Å². The van der Waals surface area contributed by atoms with Crippen molar-refractivity contribution < 1.29 is 14.5 Å². The van der Waals surface area contributed by atoms with Crippen LogP contribution in [0, 0.1) is 16.0 Å². The van der Waals surface area contributed by atoms with Crippen LogP contribution in [0.3, 0.4) is 0 Å². The summed E-state index contributed by atoms with van der Waals surface area (Å²) in [6.45, 7) is 1.06. The van der Waals surface area contributed by atoms with Gasteiger partial charge in [0.15, 0.2) is 5.78 Å². The van der Waals surface area contributed by atoms with Gasteiger partial charge >= 0.3 is 0 Å². The molecule has 1 aliphatic heterocycles. The van der Waals surface area contributed by atoms with Crippen molar-refractivity contribution in [2.24, 2.45) is 5.92 Å². The monoisotopic (exact) mass is 364 g/mol. The molecule has 0 radical (unpaired) electrons. The Bertz CT molecular complexity index is 869. The number of rotatable bonds is 5. The molecule has 3 rings (SSSR count). The van der Waals surface area contributed by atoms with E-state index in [2.05, 4.69) is 0 Å². The van der Waals surface area contributed by atoms with Crippen LogP contribution in [-0.4, -0.2) is 34.6 Å². The van der Waals surface area contributed by atoms with Crippen molar-refractivity contribution in [1.29, 1.82) is 0 Å². The molecule has 2 aromatic carbocycles. The summed E-state index contributed by atoms with van der Waals surface area (Å²) in [6.07, 6.45) is 4.29. The highest BCUT2D eigenvalue weighted by molar-refractivity contribution is 5.98. The molecule has 0 N–H and O–H groups in total. The van der Waals surface area contributed by atoms with E-state index in [4.69, 9.17) is 0 Å². The van der Waals surface area contributed by atoms with E-state index in [1.807, 2.05) is 30.3 Å². The topological polar surface area (TPSA) is 80.5 Å². The molecule has 138 valence electrons. The smallest absolute Gasteiger partial charge is 0.270 e. The van der Waals surface area contributed by atoms with Gasteiger partial charge in [0, 0.05) is 42.8 Å². The van der Waals surface area contributed by atoms with Gasteiger partial charge in [0.1, 0.15) is 0 Å². The van der Waals surface area contributed by atoms with Gasteiger partial charge in [-0.1, -0.05) is 42.5 Å². The van der Waals surface area contributed by atoms with Gasteiger partial charge in [-0.2, -0.15) is 0 Å². The van der Waals surface area contributed by atoms with E-state index in [0.29, 0.717) is 37.1 Å². The van der Waals surface area contributed by atoms with Crippen LogP contribution in [0.2, 0.25) is 0 Å². The predicted octanol–water partition coefficient (Wildman–Crippen LogP) is 3.73. The van der Waals surface area contributed by atoms with Crippen LogP contribution >= 0.6 is 0 Å². The molecule has 6 nitrogen and oxygen atoms in total. The number of ketones is 1. The summed E-state index contributed by atoms with van der Waals surface area (Å²) in [7, 11) is 0. The Labute approximate surface area is 157 Å². The summed E-state index contributed by atoms with van der Waals surface area (Å²) < 4.78 is 0. The Morgan fingerprint density at radius 1 is 1.04 bits per heavy atom. The zero-order valence-corrected chi connectivity index (χ0v) is 14.8. The van der Waals surface area contributed by atoms with Gasteiger partial charge in [0.25, 0.3) is 5.69 Å². The number of hydrogen-bond donors (Lipinski definition) is 0. The molecule has 0 aliphatic carbocycles. The lowest BCUT2D eigenvalue weighted by Gasteiger charge is -2.30. The number of hydrogen-bond acceptors (Lipinski definition) is 4. The minimum absolute atomic E-state index is 0.00941. The summed E-state index contributed by atoms with van der Waals surface area (Å²) in [5.41, 5.74) is 1.31. The van der Waals surface area contributed by atoms with Crippen molar-refractivity contribution in [1.82, 2.24) is 4.90 Å². The molecule has 0 spiro atoms. The Kier molecular flexibility index (Phi) is 5.76. The fraction of sp³-hybridized carbons (Fsp3) is 0.238. The highest BCUT2D eigenvalue weighted by Crippen LogP contribution is 2.22. The third-order valence-corrected chi connectivity index (χ3v) is 4.74. The van der Waals surface area contributed by atoms with Crippen LogP contribution in [0.25, 0.3) is 6.08 Å². The first-order valence-corrected chi connectivity index (χ1v) is 8.85. The Morgan fingerprint density at radius 2 is 1.74 bits per heavy atom. The fourth-order valence-corrected chi connectivity index (χ4v) is 3.22. The highest BCUT2D eigenvalue weighted by Gasteiger charge is 2.27. The number of non-ortho nitro benzene ring substituents is 1. The maximum absolute atomic E-state index is 12.5. The Balaban J connectivity index is 1.56. The molecule has 1 amide bonds. The maximum Gasteiger partial charge on any atom is 0.270 e. The van der Waals surface area contributed by atoms with Gasteiger partial charge < -0.3 is 4.90 Å². The van der Waals surface area contributed by atoms with E-state index < -0.39 is 4.92 Å². The molecule has 2 aromatic rings. The van der Waals surface area contributed by atoms with Crippen LogP contribution in [-0.2, 0) is 4.79 Å². The molecule has 1 heterocycles. The van der Waals surface area contributed by atoms with Crippen molar-refractivity contribution in [3.05, 3.63) is 81.9 Å². The fourth-order valence-electron chi connectivity index (χ4n) is 3.22. The van der Waals surface area contributed by atoms with Crippen LogP contribution in [0.4, 0.5) is 5.69 Å². The van der Waals surface area contributed by atoms with Gasteiger partial charge in [-0.3, -0.25) is 19.7 Å². The molecular formula is C21H20N2O4. The van der Waals surface area contributed by atoms with Gasteiger partial charge in [0.2, 0.25) is 5.91 Å². The number of nitro groups is 1. The SMILES string of the molecule is O=C(c1ccccc1)C1CCN(C(=O)/C=C/c2cccc([N+](=O)[O-])c2)CC1. The number of piperidine rings is 1. The molecule has 27 heavy (non-hydrogen) atoms. The van der Waals surface area contributed by atoms with Crippen LogP contribution in [0.1, 0.15) is 28.8 Å². The number of likely N-dealkylation sites (tertiary alicyclic amines) is 1. The first-order valence-electron chi connectivity index (χ1n) is 8.85. The number of amides is 1. The summed E-state index contributed by atoms with van der Waals surface area (Å²) in [5.74, 6) is -0.0702. The molecule has 1 saturated heterocycles. The second-order valence-electron chi connectivity index (χ2n) is 6.52. The average Bonchev–Trinajstić information content (AvgIpc) is 2.72. The van der Waals surface area contributed by atoms with Crippen molar-refractivity contribution in [2.75, 3.05) is 13.1 Å². The van der Waals surface area contributed by atoms with E-state index in [-0.39, 0.29) is 23.3 Å². The average molecular weight is 364 g/mol. The first-order chi connectivity index (χ1) is 13.0. The van der Waals surface area contributed by atoms with E-state index in [9.17, 15) is 19.7 Å². The standard InChI is InChI=1S/C21H20N2O4/c24-20(10-9-16-5-4-8-19(15-16)23(26)27)22-13-11-18(12-14-22)21(25)17-6-2-1-3-7-17/h1-10,15,18H,11-14H2/b10-9+. The molecule has 0 atom stereocenters. The molecule has 0 bridgehead atoms. The van der Waals surface area contributed by atoms with Crippen LogP contribution in [0.15, 0.2) is 60.7 Å². The predicted molar refractivity (Wildman–Crippen MR) is 102 cm³/mol. The molecule has 0 unspecified atom stereocenters. The number of carbonyl (C=O) groups is 2. The second-order valence-corrected chi connectivity index (χ2v) is 6.52. The molecule has 1 fully saturated rings. The van der Waals surface area contributed by atoms with E-state index in [0.717, 1.165) is 0 Å². The second kappa shape index (κ2) is 8.40. The summed E-state index contributed by atoms with van der Waals surface area (Å²) in [5, 5.41) is 10.8. The Morgan fingerprint density at radius 3 is 2.41 bits per heavy atom. The molecule has 0 saturated carbocycles. The lowest BCUT2D eigenvalue weighted by molar-refractivity contribution is -0.384. The van der Waals surface area contributed by atoms with Gasteiger partial charge in [-0.15, -0.1) is 0 Å². The minimum Gasteiger partial charge on any atom is -0.339 e. The molecule has 6 heteroatoms.